The minimum atomic E-state index is -0.253. The summed E-state index contributed by atoms with van der Waals surface area (Å²) in [5.41, 5.74) is 2.64. The third kappa shape index (κ3) is 4.83. The lowest BCUT2D eigenvalue weighted by molar-refractivity contribution is -0.119. The molecule has 2 aromatic rings. The number of hydrogen-bond acceptors (Lipinski definition) is 6. The molecule has 138 valence electrons. The standard InChI is InChI=1S/C19H26N6O/c1-13(2)18-21-7-6-16(23-18)11-25-9-8-20-17(12-25)19(26)24-15-5-4-14(3)22-10-15/h4-7,10,13,17,20H,8-9,11-12H2,1-3H3,(H,24,26)/t17-/m0/s1. The number of carbonyl (C=O) groups excluding carboxylic acids is 1. The Morgan fingerprint density at radius 2 is 2.19 bits per heavy atom. The highest BCUT2D eigenvalue weighted by Gasteiger charge is 2.25. The van der Waals surface area contributed by atoms with Gasteiger partial charge in [-0.1, -0.05) is 13.8 Å². The summed E-state index contributed by atoms with van der Waals surface area (Å²) in [7, 11) is 0. The molecule has 2 aromatic heterocycles. The summed E-state index contributed by atoms with van der Waals surface area (Å²) >= 11 is 0. The molecule has 0 bridgehead atoms. The van der Waals surface area contributed by atoms with Gasteiger partial charge in [0, 0.05) is 44.0 Å². The second-order valence-corrected chi connectivity index (χ2v) is 6.98. The van der Waals surface area contributed by atoms with E-state index in [0.29, 0.717) is 12.5 Å². The zero-order valence-corrected chi connectivity index (χ0v) is 15.6. The van der Waals surface area contributed by atoms with Gasteiger partial charge >= 0.3 is 0 Å². The van der Waals surface area contributed by atoms with E-state index in [0.717, 1.165) is 42.5 Å². The van der Waals surface area contributed by atoms with E-state index in [-0.39, 0.29) is 11.9 Å². The van der Waals surface area contributed by atoms with Gasteiger partial charge in [0.15, 0.2) is 0 Å². The molecule has 0 radical (unpaired) electrons. The number of carbonyl (C=O) groups is 1. The number of pyridine rings is 1. The van der Waals surface area contributed by atoms with Gasteiger partial charge in [-0.15, -0.1) is 0 Å². The largest absolute Gasteiger partial charge is 0.323 e. The minimum Gasteiger partial charge on any atom is -0.323 e. The highest BCUT2D eigenvalue weighted by atomic mass is 16.2. The van der Waals surface area contributed by atoms with Gasteiger partial charge in [-0.3, -0.25) is 14.7 Å². The molecule has 3 rings (SSSR count). The van der Waals surface area contributed by atoms with Crippen molar-refractivity contribution in [3.05, 3.63) is 47.8 Å². The van der Waals surface area contributed by atoms with Gasteiger partial charge in [0.05, 0.1) is 23.6 Å². The van der Waals surface area contributed by atoms with E-state index in [9.17, 15) is 4.79 Å². The molecule has 1 saturated heterocycles. The van der Waals surface area contributed by atoms with Crippen molar-refractivity contribution in [1.82, 2.24) is 25.2 Å². The Morgan fingerprint density at radius 1 is 1.35 bits per heavy atom. The van der Waals surface area contributed by atoms with Crippen LogP contribution in [-0.2, 0) is 11.3 Å². The van der Waals surface area contributed by atoms with Crippen LogP contribution in [0.15, 0.2) is 30.6 Å². The summed E-state index contributed by atoms with van der Waals surface area (Å²) in [4.78, 5) is 27.9. The van der Waals surface area contributed by atoms with Gasteiger partial charge in [-0.2, -0.15) is 0 Å². The predicted octanol–water partition coefficient (Wildman–Crippen LogP) is 1.72. The van der Waals surface area contributed by atoms with Gasteiger partial charge in [0.25, 0.3) is 0 Å². The van der Waals surface area contributed by atoms with E-state index >= 15 is 0 Å². The fraction of sp³-hybridized carbons (Fsp3) is 0.474. The van der Waals surface area contributed by atoms with Crippen LogP contribution >= 0.6 is 0 Å². The molecule has 0 aromatic carbocycles. The zero-order chi connectivity index (χ0) is 18.5. The Bertz CT molecular complexity index is 746. The summed E-state index contributed by atoms with van der Waals surface area (Å²) in [6.07, 6.45) is 3.50. The smallest absolute Gasteiger partial charge is 0.242 e. The lowest BCUT2D eigenvalue weighted by Gasteiger charge is -2.32. The minimum absolute atomic E-state index is 0.0362. The SMILES string of the molecule is Cc1ccc(NC(=O)[C@@H]2CN(Cc3ccnc(C(C)C)n3)CCN2)cn1. The maximum Gasteiger partial charge on any atom is 0.242 e. The Labute approximate surface area is 154 Å². The van der Waals surface area contributed by atoms with E-state index in [4.69, 9.17) is 0 Å². The number of aromatic nitrogens is 3. The first-order valence-corrected chi connectivity index (χ1v) is 9.02. The molecule has 2 N–H and O–H groups in total. The van der Waals surface area contributed by atoms with Crippen LogP contribution in [0.5, 0.6) is 0 Å². The van der Waals surface area contributed by atoms with E-state index < -0.39 is 0 Å². The van der Waals surface area contributed by atoms with Crippen molar-refractivity contribution in [3.8, 4) is 0 Å². The van der Waals surface area contributed by atoms with Crippen molar-refractivity contribution >= 4 is 11.6 Å². The van der Waals surface area contributed by atoms with Crippen molar-refractivity contribution < 1.29 is 4.79 Å². The molecular weight excluding hydrogens is 328 g/mol. The normalized spacial score (nSPS) is 18.1. The van der Waals surface area contributed by atoms with Crippen LogP contribution in [0, 0.1) is 6.92 Å². The summed E-state index contributed by atoms with van der Waals surface area (Å²) in [6.45, 7) is 9.12. The average molecular weight is 354 g/mol. The van der Waals surface area contributed by atoms with Crippen LogP contribution in [0.4, 0.5) is 5.69 Å². The number of nitrogens with zero attached hydrogens (tertiary/aromatic N) is 4. The fourth-order valence-electron chi connectivity index (χ4n) is 2.91. The topological polar surface area (TPSA) is 83.0 Å². The van der Waals surface area contributed by atoms with Crippen LogP contribution in [0.25, 0.3) is 0 Å². The molecule has 0 aliphatic carbocycles. The van der Waals surface area contributed by atoms with Crippen molar-refractivity contribution in [1.29, 1.82) is 0 Å². The first-order valence-electron chi connectivity index (χ1n) is 9.02. The monoisotopic (exact) mass is 354 g/mol. The molecule has 7 nitrogen and oxygen atoms in total. The van der Waals surface area contributed by atoms with Crippen LogP contribution in [0.3, 0.4) is 0 Å². The number of aryl methyl sites for hydroxylation is 1. The van der Waals surface area contributed by atoms with Gasteiger partial charge < -0.3 is 10.6 Å². The number of hydrogen-bond donors (Lipinski definition) is 2. The molecule has 0 saturated carbocycles. The lowest BCUT2D eigenvalue weighted by Crippen LogP contribution is -2.55. The fourth-order valence-corrected chi connectivity index (χ4v) is 2.91. The lowest BCUT2D eigenvalue weighted by atomic mass is 10.1. The van der Waals surface area contributed by atoms with E-state index in [1.54, 1.807) is 6.20 Å². The molecule has 1 fully saturated rings. The van der Waals surface area contributed by atoms with E-state index in [2.05, 4.69) is 44.3 Å². The second-order valence-electron chi connectivity index (χ2n) is 6.98. The van der Waals surface area contributed by atoms with Crippen molar-refractivity contribution in [3.63, 3.8) is 0 Å². The molecule has 1 amide bonds. The molecule has 1 aliphatic rings. The van der Waals surface area contributed by atoms with Crippen LogP contribution < -0.4 is 10.6 Å². The molecule has 0 spiro atoms. The Balaban J connectivity index is 1.59. The highest BCUT2D eigenvalue weighted by molar-refractivity contribution is 5.94. The second kappa shape index (κ2) is 8.33. The first kappa shape index (κ1) is 18.4. The van der Waals surface area contributed by atoms with Crippen molar-refractivity contribution in [2.45, 2.75) is 39.3 Å². The summed E-state index contributed by atoms with van der Waals surface area (Å²) in [5.74, 6) is 1.13. The summed E-state index contributed by atoms with van der Waals surface area (Å²) in [5, 5.41) is 6.22. The molecule has 1 atom stereocenters. The van der Waals surface area contributed by atoms with Gasteiger partial charge in [-0.05, 0) is 25.1 Å². The van der Waals surface area contributed by atoms with Crippen molar-refractivity contribution in [2.75, 3.05) is 25.0 Å². The van der Waals surface area contributed by atoms with Crippen LogP contribution in [0.2, 0.25) is 0 Å². The number of anilines is 1. The Morgan fingerprint density at radius 3 is 2.92 bits per heavy atom. The number of rotatable bonds is 5. The third-order valence-corrected chi connectivity index (χ3v) is 4.39. The van der Waals surface area contributed by atoms with Crippen LogP contribution in [0.1, 0.15) is 37.0 Å². The average Bonchev–Trinajstić information content (AvgIpc) is 2.64. The van der Waals surface area contributed by atoms with E-state index in [1.807, 2.05) is 31.3 Å². The molecule has 1 aliphatic heterocycles. The summed E-state index contributed by atoms with van der Waals surface area (Å²) in [6, 6.07) is 5.45. The molecule has 7 heteroatoms. The number of piperazine rings is 1. The molecule has 26 heavy (non-hydrogen) atoms. The van der Waals surface area contributed by atoms with Gasteiger partial charge in [0.2, 0.25) is 5.91 Å². The van der Waals surface area contributed by atoms with Gasteiger partial charge in [-0.25, -0.2) is 9.97 Å². The Kier molecular flexibility index (Phi) is 5.90. The molecule has 3 heterocycles. The summed E-state index contributed by atoms with van der Waals surface area (Å²) < 4.78 is 0. The maximum atomic E-state index is 12.5. The predicted molar refractivity (Wildman–Crippen MR) is 101 cm³/mol. The Hall–Kier alpha value is -2.38. The molecular formula is C19H26N6O. The third-order valence-electron chi connectivity index (χ3n) is 4.39. The molecule has 0 unspecified atom stereocenters. The maximum absolute atomic E-state index is 12.5. The zero-order valence-electron chi connectivity index (χ0n) is 15.6. The van der Waals surface area contributed by atoms with E-state index in [1.165, 1.54) is 0 Å². The number of nitrogens with one attached hydrogen (secondary N) is 2. The quantitative estimate of drug-likeness (QED) is 0.851. The van der Waals surface area contributed by atoms with Gasteiger partial charge in [0.1, 0.15) is 5.82 Å². The van der Waals surface area contributed by atoms with Crippen molar-refractivity contribution in [2.24, 2.45) is 0 Å². The number of amides is 1. The first-order chi connectivity index (χ1) is 12.5. The van der Waals surface area contributed by atoms with Crippen LogP contribution in [-0.4, -0.2) is 51.4 Å². The highest BCUT2D eigenvalue weighted by Crippen LogP contribution is 2.12.